The lowest BCUT2D eigenvalue weighted by atomic mass is 10.4. The molecule has 3 rings (SSSR count). The van der Waals surface area contributed by atoms with E-state index in [1.807, 2.05) is 12.1 Å². The van der Waals surface area contributed by atoms with E-state index in [0.29, 0.717) is 5.95 Å². The molecule has 0 unspecified atom stereocenters. The minimum atomic E-state index is -2.29. The summed E-state index contributed by atoms with van der Waals surface area (Å²) in [5.41, 5.74) is 0. The monoisotopic (exact) mass is 522 g/mol. The van der Waals surface area contributed by atoms with Gasteiger partial charge in [0, 0.05) is 10.2 Å². The van der Waals surface area contributed by atoms with Crippen LogP contribution in [-0.4, -0.2) is 35.2 Å². The summed E-state index contributed by atoms with van der Waals surface area (Å²) in [5.74, 6) is 1.48. The van der Waals surface area contributed by atoms with E-state index in [1.165, 1.54) is 15.6 Å². The van der Waals surface area contributed by atoms with Gasteiger partial charge in [0.25, 0.3) is 30.9 Å². The van der Waals surface area contributed by atoms with Gasteiger partial charge in [0.05, 0.1) is 0 Å². The Morgan fingerprint density at radius 3 is 1.12 bits per heavy atom. The minimum Gasteiger partial charge on any atom is -0.538 e. The molecule has 0 heterocycles. The van der Waals surface area contributed by atoms with Gasteiger partial charge in [-0.3, -0.25) is 0 Å². The van der Waals surface area contributed by atoms with E-state index < -0.39 is 25.0 Å². The van der Waals surface area contributed by atoms with Crippen LogP contribution in [0, 0.1) is 0 Å². The second-order valence-electron chi connectivity index (χ2n) is 10.00. The first-order valence-electron chi connectivity index (χ1n) is 12.0. The topological polar surface area (TPSA) is 27.7 Å². The van der Waals surface area contributed by atoms with Crippen molar-refractivity contribution in [1.29, 1.82) is 0 Å². The van der Waals surface area contributed by atoms with Crippen molar-refractivity contribution in [2.24, 2.45) is 0 Å². The fourth-order valence-corrected chi connectivity index (χ4v) is 10.1. The molecule has 0 saturated carbocycles. The van der Waals surface area contributed by atoms with E-state index >= 15 is 0 Å². The van der Waals surface area contributed by atoms with Gasteiger partial charge >= 0.3 is 0 Å². The minimum absolute atomic E-state index is 0.604. The molecule has 0 fully saturated rings. The Balaban J connectivity index is 2.03. The van der Waals surface area contributed by atoms with Crippen LogP contribution in [-0.2, 0) is 13.3 Å². The van der Waals surface area contributed by atoms with Gasteiger partial charge in [-0.15, -0.1) is 0 Å². The fourth-order valence-electron chi connectivity index (χ4n) is 3.86. The quantitative estimate of drug-likeness (QED) is 0.293. The van der Waals surface area contributed by atoms with Crippen molar-refractivity contribution >= 4 is 50.8 Å². The standard InChI is InChI=1S/C27H38O3Si4/c1-32(2,23-16-10-7-11-17-23)28-26(22-31)27(29-33(3,4)24-18-12-8-13-19-24)30-34(5,6)25-20-14-9-15-21-25/h7-21H,22H2,1-6,31H3. The van der Waals surface area contributed by atoms with E-state index in [0.717, 1.165) is 22.0 Å². The van der Waals surface area contributed by atoms with Gasteiger partial charge in [0.2, 0.25) is 0 Å². The third-order valence-electron chi connectivity index (χ3n) is 6.03. The average molecular weight is 523 g/mol. The summed E-state index contributed by atoms with van der Waals surface area (Å²) in [4.78, 5) is 0. The molecule has 0 aliphatic rings. The lowest BCUT2D eigenvalue weighted by molar-refractivity contribution is 0.189. The van der Waals surface area contributed by atoms with Crippen molar-refractivity contribution in [1.82, 2.24) is 0 Å². The van der Waals surface area contributed by atoms with Crippen molar-refractivity contribution in [2.45, 2.75) is 45.3 Å². The summed E-state index contributed by atoms with van der Waals surface area (Å²) in [6, 6.07) is 32.5. The number of hydrogen-bond acceptors (Lipinski definition) is 3. The molecule has 3 nitrogen and oxygen atoms in total. The SMILES string of the molecule is C[Si](C)(OC(C[SiH3])=C(O[Si](C)(C)c1ccccc1)O[Si](C)(C)c1ccccc1)c1ccccc1. The number of rotatable bonds is 10. The number of hydrogen-bond donors (Lipinski definition) is 0. The molecule has 0 amide bonds. The highest BCUT2D eigenvalue weighted by Crippen LogP contribution is 2.25. The molecular formula is C27H38O3Si4. The van der Waals surface area contributed by atoms with Crippen molar-refractivity contribution < 1.29 is 13.3 Å². The summed E-state index contributed by atoms with van der Waals surface area (Å²) in [6.07, 6.45) is 0. The molecule has 0 bridgehead atoms. The van der Waals surface area contributed by atoms with E-state index in [1.54, 1.807) is 0 Å². The Morgan fingerprint density at radius 2 is 0.824 bits per heavy atom. The van der Waals surface area contributed by atoms with Crippen LogP contribution >= 0.6 is 0 Å². The van der Waals surface area contributed by atoms with Crippen molar-refractivity contribution in [3.8, 4) is 0 Å². The fraction of sp³-hybridized carbons (Fsp3) is 0.259. The van der Waals surface area contributed by atoms with Gasteiger partial charge in [-0.1, -0.05) is 91.0 Å². The predicted octanol–water partition coefficient (Wildman–Crippen LogP) is 4.33. The molecule has 3 aromatic carbocycles. The summed E-state index contributed by atoms with van der Waals surface area (Å²) >= 11 is 0. The Bertz CT molecular complexity index is 1030. The van der Waals surface area contributed by atoms with E-state index in [-0.39, 0.29) is 0 Å². The molecule has 0 aliphatic heterocycles. The summed E-state index contributed by atoms with van der Waals surface area (Å²) in [7, 11) is -5.81. The number of allylic oxidation sites excluding steroid dienone is 1. The largest absolute Gasteiger partial charge is 0.538 e. The predicted molar refractivity (Wildman–Crippen MR) is 156 cm³/mol. The van der Waals surface area contributed by atoms with Gasteiger partial charge < -0.3 is 13.3 Å². The molecular weight excluding hydrogens is 485 g/mol. The van der Waals surface area contributed by atoms with Crippen LogP contribution in [0.25, 0.3) is 0 Å². The van der Waals surface area contributed by atoms with Gasteiger partial charge in [-0.25, -0.2) is 0 Å². The third-order valence-corrected chi connectivity index (χ3v) is 14.0. The summed E-state index contributed by atoms with van der Waals surface area (Å²) in [5, 5.41) is 3.74. The molecule has 0 aromatic heterocycles. The van der Waals surface area contributed by atoms with Crippen LogP contribution in [0.1, 0.15) is 0 Å². The zero-order valence-electron chi connectivity index (χ0n) is 21.6. The van der Waals surface area contributed by atoms with Gasteiger partial charge in [0.15, 0.2) is 5.76 Å². The van der Waals surface area contributed by atoms with E-state index in [4.69, 9.17) is 13.3 Å². The second-order valence-corrected chi connectivity index (χ2v) is 22.1. The maximum absolute atomic E-state index is 6.87. The zero-order valence-corrected chi connectivity index (χ0v) is 26.6. The van der Waals surface area contributed by atoms with Crippen molar-refractivity contribution in [3.63, 3.8) is 0 Å². The van der Waals surface area contributed by atoms with E-state index in [9.17, 15) is 0 Å². The first-order chi connectivity index (χ1) is 16.0. The van der Waals surface area contributed by atoms with Crippen molar-refractivity contribution in [2.75, 3.05) is 0 Å². The molecule has 0 N–H and O–H groups in total. The van der Waals surface area contributed by atoms with Crippen LogP contribution < -0.4 is 15.6 Å². The van der Waals surface area contributed by atoms with Crippen molar-refractivity contribution in [3.05, 3.63) is 103 Å². The highest BCUT2D eigenvalue weighted by Gasteiger charge is 2.37. The molecule has 0 spiro atoms. The van der Waals surface area contributed by atoms with Gasteiger partial charge in [0.1, 0.15) is 0 Å². The lowest BCUT2D eigenvalue weighted by Crippen LogP contribution is -2.50. The molecule has 0 radical (unpaired) electrons. The average Bonchev–Trinajstić information content (AvgIpc) is 2.83. The molecule has 0 atom stereocenters. The highest BCUT2D eigenvalue weighted by molar-refractivity contribution is 6.86. The maximum Gasteiger partial charge on any atom is 0.289 e. The van der Waals surface area contributed by atoms with Crippen LogP contribution in [0.2, 0.25) is 45.3 Å². The normalized spacial score (nSPS) is 12.2. The van der Waals surface area contributed by atoms with Crippen LogP contribution in [0.3, 0.4) is 0 Å². The Hall–Kier alpha value is -2.33. The zero-order chi connectivity index (χ0) is 24.8. The maximum atomic E-state index is 6.87. The molecule has 34 heavy (non-hydrogen) atoms. The molecule has 0 aliphatic carbocycles. The van der Waals surface area contributed by atoms with Crippen LogP contribution in [0.4, 0.5) is 0 Å². The first kappa shape index (κ1) is 26.3. The van der Waals surface area contributed by atoms with Crippen LogP contribution in [0.5, 0.6) is 0 Å². The van der Waals surface area contributed by atoms with Gasteiger partial charge in [-0.2, -0.15) is 0 Å². The Labute approximate surface area is 211 Å². The molecule has 7 heteroatoms. The lowest BCUT2D eigenvalue weighted by Gasteiger charge is -2.34. The Morgan fingerprint density at radius 1 is 0.529 bits per heavy atom. The molecule has 0 saturated heterocycles. The smallest absolute Gasteiger partial charge is 0.289 e. The number of benzene rings is 3. The third kappa shape index (κ3) is 6.62. The summed E-state index contributed by atoms with van der Waals surface area (Å²) in [6.45, 7) is 13.4. The van der Waals surface area contributed by atoms with E-state index in [2.05, 4.69) is 118 Å². The summed E-state index contributed by atoms with van der Waals surface area (Å²) < 4.78 is 20.6. The first-order valence-corrected chi connectivity index (χ1v) is 22.2. The second kappa shape index (κ2) is 10.9. The Kier molecular flexibility index (Phi) is 8.46. The highest BCUT2D eigenvalue weighted by atomic mass is 28.4. The van der Waals surface area contributed by atoms with Crippen LogP contribution in [0.15, 0.2) is 103 Å². The van der Waals surface area contributed by atoms with Gasteiger partial charge in [-0.05, 0) is 60.9 Å². The molecule has 3 aromatic rings. The molecule has 180 valence electrons.